The molecule has 1 aromatic rings. The maximum absolute atomic E-state index is 5.49. The summed E-state index contributed by atoms with van der Waals surface area (Å²) in [5.74, 6) is 0.981. The zero-order valence-electron chi connectivity index (χ0n) is 12.2. The van der Waals surface area contributed by atoms with Gasteiger partial charge in [-0.2, -0.15) is 0 Å². The number of hydrogen-bond donors (Lipinski definition) is 1. The number of nitrogens with one attached hydrogen (secondary N) is 1. The van der Waals surface area contributed by atoms with Crippen LogP contribution in [-0.4, -0.2) is 42.9 Å². The van der Waals surface area contributed by atoms with E-state index >= 15 is 0 Å². The van der Waals surface area contributed by atoms with E-state index in [1.807, 2.05) is 32.2 Å². The predicted octanol–water partition coefficient (Wildman–Crippen LogP) is 1.39. The maximum atomic E-state index is 5.49. The number of rotatable bonds is 8. The number of aromatic nitrogens is 2. The monoisotopic (exact) mass is 254 g/mol. The highest BCUT2D eigenvalue weighted by molar-refractivity contribution is 5.30. The third-order valence-electron chi connectivity index (χ3n) is 2.72. The lowest BCUT2D eigenvalue weighted by Gasteiger charge is -2.13. The summed E-state index contributed by atoms with van der Waals surface area (Å²) in [5, 5.41) is 3.41. The highest BCUT2D eigenvalue weighted by Gasteiger charge is 2.06. The molecule has 1 N–H and O–H groups in total. The molecule has 104 valence electrons. The zero-order chi connectivity index (χ0) is 13.5. The number of anilines is 1. The molecular formula is C13H26N4O. The van der Waals surface area contributed by atoms with Crippen LogP contribution < -0.4 is 10.2 Å². The molecule has 0 aliphatic heterocycles. The van der Waals surface area contributed by atoms with Gasteiger partial charge in [-0.25, -0.2) is 4.98 Å². The molecule has 1 rings (SSSR count). The second-order valence-corrected chi connectivity index (χ2v) is 4.95. The standard InChI is InChI=1S/C13H26N4O/c1-11(2)18-8-6-7-14-9-12-10-15-13(16(3)4)17(12)5/h10-11,14H,6-9H2,1-5H3. The Balaban J connectivity index is 2.23. The molecule has 0 bridgehead atoms. The number of imidazole rings is 1. The Morgan fingerprint density at radius 2 is 2.17 bits per heavy atom. The van der Waals surface area contributed by atoms with Crippen LogP contribution in [0.5, 0.6) is 0 Å². The summed E-state index contributed by atoms with van der Waals surface area (Å²) >= 11 is 0. The highest BCUT2D eigenvalue weighted by atomic mass is 16.5. The van der Waals surface area contributed by atoms with Gasteiger partial charge in [0, 0.05) is 34.3 Å². The minimum Gasteiger partial charge on any atom is -0.379 e. The van der Waals surface area contributed by atoms with Crippen molar-refractivity contribution in [1.82, 2.24) is 14.9 Å². The van der Waals surface area contributed by atoms with E-state index in [9.17, 15) is 0 Å². The summed E-state index contributed by atoms with van der Waals surface area (Å²) in [6, 6.07) is 0. The van der Waals surface area contributed by atoms with Crippen molar-refractivity contribution in [1.29, 1.82) is 0 Å². The molecule has 0 aliphatic rings. The smallest absolute Gasteiger partial charge is 0.204 e. The van der Waals surface area contributed by atoms with E-state index in [0.29, 0.717) is 6.10 Å². The van der Waals surface area contributed by atoms with Gasteiger partial charge in [0.15, 0.2) is 0 Å². The minimum atomic E-state index is 0.324. The topological polar surface area (TPSA) is 42.3 Å². The predicted molar refractivity (Wildman–Crippen MR) is 74.9 cm³/mol. The normalized spacial score (nSPS) is 11.2. The van der Waals surface area contributed by atoms with Crippen molar-refractivity contribution in [2.75, 3.05) is 32.1 Å². The molecule has 5 heteroatoms. The van der Waals surface area contributed by atoms with Crippen LogP contribution in [0.25, 0.3) is 0 Å². The lowest BCUT2D eigenvalue weighted by atomic mass is 10.4. The third kappa shape index (κ3) is 4.66. The molecule has 0 saturated carbocycles. The van der Waals surface area contributed by atoms with E-state index < -0.39 is 0 Å². The number of nitrogens with zero attached hydrogens (tertiary/aromatic N) is 3. The summed E-state index contributed by atoms with van der Waals surface area (Å²) in [7, 11) is 6.05. The van der Waals surface area contributed by atoms with Gasteiger partial charge in [0.2, 0.25) is 5.95 Å². The summed E-state index contributed by atoms with van der Waals surface area (Å²) in [6.07, 6.45) is 3.29. The van der Waals surface area contributed by atoms with E-state index in [0.717, 1.165) is 32.1 Å². The van der Waals surface area contributed by atoms with Crippen LogP contribution in [-0.2, 0) is 18.3 Å². The molecule has 1 heterocycles. The van der Waals surface area contributed by atoms with Crippen LogP contribution in [0.2, 0.25) is 0 Å². The largest absolute Gasteiger partial charge is 0.379 e. The van der Waals surface area contributed by atoms with Gasteiger partial charge >= 0.3 is 0 Å². The zero-order valence-corrected chi connectivity index (χ0v) is 12.2. The van der Waals surface area contributed by atoms with Gasteiger partial charge in [-0.15, -0.1) is 0 Å². The number of ether oxygens (including phenoxy) is 1. The second-order valence-electron chi connectivity index (χ2n) is 4.95. The quantitative estimate of drug-likeness (QED) is 0.712. The Kier molecular flexibility index (Phi) is 6.15. The fourth-order valence-electron chi connectivity index (χ4n) is 1.75. The van der Waals surface area contributed by atoms with Crippen LogP contribution in [0.15, 0.2) is 6.20 Å². The second kappa shape index (κ2) is 7.38. The van der Waals surface area contributed by atoms with Crippen LogP contribution in [0.3, 0.4) is 0 Å². The first-order valence-corrected chi connectivity index (χ1v) is 6.52. The van der Waals surface area contributed by atoms with Crippen LogP contribution in [0.4, 0.5) is 5.95 Å². The molecule has 0 radical (unpaired) electrons. The Bertz CT molecular complexity index is 347. The van der Waals surface area contributed by atoms with Crippen molar-refractivity contribution < 1.29 is 4.74 Å². The van der Waals surface area contributed by atoms with E-state index in [1.165, 1.54) is 5.69 Å². The molecule has 0 spiro atoms. The first-order valence-electron chi connectivity index (χ1n) is 6.52. The molecule has 0 aliphatic carbocycles. The van der Waals surface area contributed by atoms with E-state index in [1.54, 1.807) is 0 Å². The van der Waals surface area contributed by atoms with E-state index in [4.69, 9.17) is 4.74 Å². The fourth-order valence-corrected chi connectivity index (χ4v) is 1.75. The molecule has 0 unspecified atom stereocenters. The van der Waals surface area contributed by atoms with Crippen molar-refractivity contribution in [2.24, 2.45) is 7.05 Å². The molecule has 0 amide bonds. The average Bonchev–Trinajstić information content (AvgIpc) is 2.65. The Morgan fingerprint density at radius 1 is 1.44 bits per heavy atom. The third-order valence-corrected chi connectivity index (χ3v) is 2.72. The molecule has 1 aromatic heterocycles. The highest BCUT2D eigenvalue weighted by Crippen LogP contribution is 2.10. The van der Waals surface area contributed by atoms with Gasteiger partial charge in [-0.3, -0.25) is 0 Å². The summed E-state index contributed by atoms with van der Waals surface area (Å²) in [6.45, 7) is 6.75. The Hall–Kier alpha value is -1.07. The molecule has 18 heavy (non-hydrogen) atoms. The fraction of sp³-hybridized carbons (Fsp3) is 0.769. The van der Waals surface area contributed by atoms with Crippen molar-refractivity contribution in [3.8, 4) is 0 Å². The molecular weight excluding hydrogens is 228 g/mol. The lowest BCUT2D eigenvalue weighted by Crippen LogP contribution is -2.20. The Morgan fingerprint density at radius 3 is 2.72 bits per heavy atom. The van der Waals surface area contributed by atoms with Gasteiger partial charge in [0.25, 0.3) is 0 Å². The van der Waals surface area contributed by atoms with Gasteiger partial charge in [-0.05, 0) is 26.8 Å². The summed E-state index contributed by atoms with van der Waals surface area (Å²) in [4.78, 5) is 6.39. The SMILES string of the molecule is CC(C)OCCCNCc1cnc(N(C)C)n1C. The van der Waals surface area contributed by atoms with Gasteiger partial charge in [0.05, 0.1) is 18.0 Å². The maximum Gasteiger partial charge on any atom is 0.204 e. The molecule has 5 nitrogen and oxygen atoms in total. The van der Waals surface area contributed by atoms with Crippen LogP contribution in [0.1, 0.15) is 26.0 Å². The van der Waals surface area contributed by atoms with Gasteiger partial charge < -0.3 is 19.5 Å². The molecule has 0 saturated heterocycles. The van der Waals surface area contributed by atoms with Crippen LogP contribution >= 0.6 is 0 Å². The van der Waals surface area contributed by atoms with Crippen molar-refractivity contribution in [3.05, 3.63) is 11.9 Å². The molecule has 0 fully saturated rings. The average molecular weight is 254 g/mol. The molecule has 0 atom stereocenters. The first-order chi connectivity index (χ1) is 8.52. The first kappa shape index (κ1) is 15.0. The Labute approximate surface area is 110 Å². The van der Waals surface area contributed by atoms with E-state index in [-0.39, 0.29) is 0 Å². The van der Waals surface area contributed by atoms with Gasteiger partial charge in [-0.1, -0.05) is 0 Å². The summed E-state index contributed by atoms with van der Waals surface area (Å²) in [5.41, 5.74) is 1.20. The van der Waals surface area contributed by atoms with Gasteiger partial charge in [0.1, 0.15) is 0 Å². The lowest BCUT2D eigenvalue weighted by molar-refractivity contribution is 0.0770. The van der Waals surface area contributed by atoms with Crippen molar-refractivity contribution >= 4 is 5.95 Å². The van der Waals surface area contributed by atoms with Crippen molar-refractivity contribution in [2.45, 2.75) is 32.9 Å². The van der Waals surface area contributed by atoms with Crippen molar-refractivity contribution in [3.63, 3.8) is 0 Å². The number of hydrogen-bond acceptors (Lipinski definition) is 4. The minimum absolute atomic E-state index is 0.324. The molecule has 0 aromatic carbocycles. The summed E-state index contributed by atoms with van der Waals surface area (Å²) < 4.78 is 7.60. The van der Waals surface area contributed by atoms with Crippen LogP contribution in [0, 0.1) is 0 Å². The van der Waals surface area contributed by atoms with E-state index in [2.05, 4.69) is 28.7 Å².